The third kappa shape index (κ3) is 1.25. The molecule has 5 nitrogen and oxygen atoms in total. The number of nitrogens with one attached hydrogen (secondary N) is 2. The van der Waals surface area contributed by atoms with E-state index < -0.39 is 0 Å². The number of benzene rings is 1. The van der Waals surface area contributed by atoms with Crippen molar-refractivity contribution in [3.8, 4) is 11.5 Å². The molecule has 2 aliphatic rings. The summed E-state index contributed by atoms with van der Waals surface area (Å²) in [7, 11) is 0. The van der Waals surface area contributed by atoms with Crippen molar-refractivity contribution in [1.82, 2.24) is 10.6 Å². The fraction of sp³-hybridized carbons (Fsp3) is 0.364. The van der Waals surface area contributed by atoms with E-state index in [1.807, 2.05) is 0 Å². The lowest BCUT2D eigenvalue weighted by atomic mass is 9.87. The zero-order chi connectivity index (χ0) is 11.3. The zero-order valence-electron chi connectivity index (χ0n) is 8.53. The molecule has 2 atom stereocenters. The zero-order valence-corrected chi connectivity index (χ0v) is 8.53. The minimum absolute atomic E-state index is 0.00513. The quantitative estimate of drug-likeness (QED) is 0.456. The number of hydrogen-bond acceptors (Lipinski definition) is 4. The van der Waals surface area contributed by atoms with Crippen LogP contribution in [0.1, 0.15) is 17.2 Å². The standard InChI is InChI=1S/C11H12N2O3/c14-9-2-5-1-7-11(16)12-4-8(13-7)6(5)3-10(9)15/h2-3,7-8,13-15H,1,4H2,(H,12,16)/t7-,8-/m0/s1. The van der Waals surface area contributed by atoms with Crippen molar-refractivity contribution in [2.45, 2.75) is 18.5 Å². The monoisotopic (exact) mass is 220 g/mol. The molecule has 84 valence electrons. The molecule has 1 aromatic rings. The first kappa shape index (κ1) is 9.47. The lowest BCUT2D eigenvalue weighted by molar-refractivity contribution is -0.125. The number of rotatable bonds is 0. The van der Waals surface area contributed by atoms with Crippen molar-refractivity contribution in [2.24, 2.45) is 0 Å². The van der Waals surface area contributed by atoms with Crippen molar-refractivity contribution < 1.29 is 15.0 Å². The van der Waals surface area contributed by atoms with Crippen molar-refractivity contribution in [2.75, 3.05) is 6.54 Å². The van der Waals surface area contributed by atoms with Crippen LogP contribution in [0.5, 0.6) is 11.5 Å². The molecule has 2 aliphatic heterocycles. The Morgan fingerprint density at radius 1 is 1.19 bits per heavy atom. The first-order valence-corrected chi connectivity index (χ1v) is 5.23. The molecule has 5 heteroatoms. The summed E-state index contributed by atoms with van der Waals surface area (Å²) in [4.78, 5) is 11.5. The van der Waals surface area contributed by atoms with Gasteiger partial charge < -0.3 is 15.5 Å². The van der Waals surface area contributed by atoms with Crippen LogP contribution in [-0.4, -0.2) is 28.7 Å². The fourth-order valence-electron chi connectivity index (χ4n) is 2.41. The number of piperazine rings is 1. The van der Waals surface area contributed by atoms with Gasteiger partial charge in [0.25, 0.3) is 0 Å². The van der Waals surface area contributed by atoms with Crippen LogP contribution in [0.4, 0.5) is 0 Å². The van der Waals surface area contributed by atoms with Gasteiger partial charge in [-0.2, -0.15) is 0 Å². The van der Waals surface area contributed by atoms with Gasteiger partial charge in [0.2, 0.25) is 5.91 Å². The number of amides is 1. The predicted octanol–water partition coefficient (Wildman–Crippen LogP) is -0.217. The molecule has 0 saturated carbocycles. The second-order valence-corrected chi connectivity index (χ2v) is 4.26. The molecule has 0 aliphatic carbocycles. The van der Waals surface area contributed by atoms with Gasteiger partial charge in [-0.05, 0) is 29.7 Å². The summed E-state index contributed by atoms with van der Waals surface area (Å²) in [5.41, 5.74) is 1.88. The third-order valence-electron chi connectivity index (χ3n) is 3.24. The van der Waals surface area contributed by atoms with Gasteiger partial charge in [-0.25, -0.2) is 0 Å². The van der Waals surface area contributed by atoms with E-state index in [0.717, 1.165) is 11.1 Å². The summed E-state index contributed by atoms with van der Waals surface area (Å²) in [5, 5.41) is 24.9. The van der Waals surface area contributed by atoms with Gasteiger partial charge in [-0.3, -0.25) is 10.1 Å². The molecule has 1 saturated heterocycles. The Balaban J connectivity index is 2.09. The largest absolute Gasteiger partial charge is 0.504 e. The Morgan fingerprint density at radius 2 is 1.94 bits per heavy atom. The second-order valence-electron chi connectivity index (χ2n) is 4.26. The Hall–Kier alpha value is -1.75. The molecule has 16 heavy (non-hydrogen) atoms. The Bertz CT molecular complexity index is 473. The number of fused-ring (bicyclic) bond motifs is 4. The maximum Gasteiger partial charge on any atom is 0.237 e. The van der Waals surface area contributed by atoms with Crippen molar-refractivity contribution >= 4 is 5.91 Å². The van der Waals surface area contributed by atoms with Crippen LogP contribution in [0.2, 0.25) is 0 Å². The molecule has 0 spiro atoms. The lowest BCUT2D eigenvalue weighted by Gasteiger charge is -2.37. The van der Waals surface area contributed by atoms with Crippen molar-refractivity contribution in [3.63, 3.8) is 0 Å². The second kappa shape index (κ2) is 3.12. The van der Waals surface area contributed by atoms with E-state index in [4.69, 9.17) is 0 Å². The summed E-state index contributed by atoms with van der Waals surface area (Å²) in [6.07, 6.45) is 0.547. The molecule has 2 heterocycles. The topological polar surface area (TPSA) is 81.6 Å². The molecule has 0 unspecified atom stereocenters. The number of carbonyl (C=O) groups is 1. The number of hydrogen-bond donors (Lipinski definition) is 4. The summed E-state index contributed by atoms with van der Waals surface area (Å²) < 4.78 is 0. The molecular formula is C11H12N2O3. The molecule has 1 fully saturated rings. The third-order valence-corrected chi connectivity index (χ3v) is 3.24. The lowest BCUT2D eigenvalue weighted by Crippen LogP contribution is -2.57. The van der Waals surface area contributed by atoms with Crippen LogP contribution in [0.3, 0.4) is 0 Å². The van der Waals surface area contributed by atoms with Crippen LogP contribution >= 0.6 is 0 Å². The van der Waals surface area contributed by atoms with E-state index in [0.29, 0.717) is 13.0 Å². The van der Waals surface area contributed by atoms with Gasteiger partial charge in [-0.1, -0.05) is 0 Å². The number of phenolic OH excluding ortho intramolecular Hbond substituents is 2. The van der Waals surface area contributed by atoms with Gasteiger partial charge in [0.15, 0.2) is 11.5 Å². The highest BCUT2D eigenvalue weighted by atomic mass is 16.3. The normalized spacial score (nSPS) is 27.1. The highest BCUT2D eigenvalue weighted by Gasteiger charge is 2.35. The molecule has 1 amide bonds. The molecule has 1 aromatic carbocycles. The Kier molecular flexibility index (Phi) is 1.85. The van der Waals surface area contributed by atoms with Gasteiger partial charge in [-0.15, -0.1) is 0 Å². The fourth-order valence-corrected chi connectivity index (χ4v) is 2.41. The van der Waals surface area contributed by atoms with Gasteiger partial charge >= 0.3 is 0 Å². The number of carbonyl (C=O) groups excluding carboxylic acids is 1. The van der Waals surface area contributed by atoms with Gasteiger partial charge in [0.1, 0.15) is 0 Å². The van der Waals surface area contributed by atoms with Crippen LogP contribution < -0.4 is 10.6 Å². The molecule has 0 aromatic heterocycles. The number of aromatic hydroxyl groups is 2. The molecule has 2 bridgehead atoms. The van der Waals surface area contributed by atoms with E-state index in [1.165, 1.54) is 0 Å². The summed E-state index contributed by atoms with van der Waals surface area (Å²) >= 11 is 0. The Labute approximate surface area is 92.1 Å². The van der Waals surface area contributed by atoms with Crippen LogP contribution in [0, 0.1) is 0 Å². The van der Waals surface area contributed by atoms with Crippen molar-refractivity contribution in [1.29, 1.82) is 0 Å². The van der Waals surface area contributed by atoms with E-state index in [2.05, 4.69) is 10.6 Å². The average Bonchev–Trinajstić information content (AvgIpc) is 2.26. The number of phenols is 2. The van der Waals surface area contributed by atoms with E-state index in [1.54, 1.807) is 12.1 Å². The minimum Gasteiger partial charge on any atom is -0.504 e. The minimum atomic E-state index is -0.227. The highest BCUT2D eigenvalue weighted by Crippen LogP contribution is 2.35. The maximum atomic E-state index is 11.5. The smallest absolute Gasteiger partial charge is 0.237 e. The van der Waals surface area contributed by atoms with Crippen LogP contribution in [-0.2, 0) is 11.2 Å². The van der Waals surface area contributed by atoms with E-state index >= 15 is 0 Å². The first-order chi connectivity index (χ1) is 7.65. The first-order valence-electron chi connectivity index (χ1n) is 5.23. The maximum absolute atomic E-state index is 11.5. The average molecular weight is 220 g/mol. The molecular weight excluding hydrogens is 208 g/mol. The Morgan fingerprint density at radius 3 is 2.75 bits per heavy atom. The SMILES string of the molecule is O=C1NC[C@@H]2N[C@H]1Cc1cc(O)c(O)cc12. The van der Waals surface area contributed by atoms with Crippen LogP contribution in [0.15, 0.2) is 12.1 Å². The summed E-state index contributed by atoms with van der Waals surface area (Å²) in [6.45, 7) is 0.520. The van der Waals surface area contributed by atoms with E-state index in [9.17, 15) is 15.0 Å². The van der Waals surface area contributed by atoms with Gasteiger partial charge in [0, 0.05) is 6.54 Å². The van der Waals surface area contributed by atoms with E-state index in [-0.39, 0.29) is 29.5 Å². The molecule has 0 radical (unpaired) electrons. The molecule has 4 N–H and O–H groups in total. The van der Waals surface area contributed by atoms with Gasteiger partial charge in [0.05, 0.1) is 12.1 Å². The summed E-state index contributed by atoms with van der Waals surface area (Å²) in [5.74, 6) is -0.246. The van der Waals surface area contributed by atoms with Crippen LogP contribution in [0.25, 0.3) is 0 Å². The summed E-state index contributed by atoms with van der Waals surface area (Å²) in [6, 6.07) is 2.91. The highest BCUT2D eigenvalue weighted by molar-refractivity contribution is 5.83. The molecule has 3 rings (SSSR count). The van der Waals surface area contributed by atoms with Crippen molar-refractivity contribution in [3.05, 3.63) is 23.3 Å². The predicted molar refractivity (Wildman–Crippen MR) is 56.2 cm³/mol.